The fourth-order valence-electron chi connectivity index (χ4n) is 3.08. The molecule has 0 spiro atoms. The van der Waals surface area contributed by atoms with Crippen LogP contribution in [0.15, 0.2) is 48.7 Å². The standard InChI is InChI=1S/C21H13ClN4O3.C2H6/c22-13-2-1-11-7-19(16(20(24)28)6-12(11)5-13)29-10-18(27)17-9-25-21-15(17)4-3-14(8-23)26-21;1-2/h1-7,9H,10H2,(H2,24,28)(H,25,26);1-2H3. The van der Waals surface area contributed by atoms with Gasteiger partial charge in [0, 0.05) is 22.2 Å². The predicted molar refractivity (Wildman–Crippen MR) is 119 cm³/mol. The number of fused-ring (bicyclic) bond motifs is 2. The number of ketones is 1. The molecule has 7 nitrogen and oxygen atoms in total. The number of primary amides is 1. The van der Waals surface area contributed by atoms with E-state index in [0.29, 0.717) is 21.6 Å². The Morgan fingerprint density at radius 1 is 1.13 bits per heavy atom. The molecule has 4 rings (SSSR count). The number of nitrogens with one attached hydrogen (secondary N) is 1. The average molecular weight is 435 g/mol. The Kier molecular flexibility index (Phi) is 6.53. The van der Waals surface area contributed by atoms with E-state index in [4.69, 9.17) is 27.3 Å². The van der Waals surface area contributed by atoms with E-state index in [9.17, 15) is 9.59 Å². The molecule has 0 saturated heterocycles. The van der Waals surface area contributed by atoms with Gasteiger partial charge in [-0.25, -0.2) is 4.98 Å². The van der Waals surface area contributed by atoms with Crippen molar-refractivity contribution in [1.82, 2.24) is 9.97 Å². The number of pyridine rings is 1. The second-order valence-electron chi connectivity index (χ2n) is 6.32. The lowest BCUT2D eigenvalue weighted by Gasteiger charge is -2.11. The number of aromatic nitrogens is 2. The minimum absolute atomic E-state index is 0.159. The summed E-state index contributed by atoms with van der Waals surface area (Å²) < 4.78 is 5.65. The highest BCUT2D eigenvalue weighted by molar-refractivity contribution is 6.31. The van der Waals surface area contributed by atoms with Crippen LogP contribution in [-0.4, -0.2) is 28.3 Å². The van der Waals surface area contributed by atoms with E-state index in [1.165, 1.54) is 12.3 Å². The summed E-state index contributed by atoms with van der Waals surface area (Å²) in [6, 6.07) is 13.6. The molecule has 2 heterocycles. The molecule has 0 aliphatic carbocycles. The Morgan fingerprint density at radius 2 is 1.90 bits per heavy atom. The number of nitriles is 1. The molecule has 0 aliphatic heterocycles. The van der Waals surface area contributed by atoms with Gasteiger partial charge in [-0.3, -0.25) is 9.59 Å². The lowest BCUT2D eigenvalue weighted by atomic mass is 10.1. The van der Waals surface area contributed by atoms with Crippen LogP contribution in [0.5, 0.6) is 5.75 Å². The van der Waals surface area contributed by atoms with Crippen LogP contribution in [-0.2, 0) is 0 Å². The number of Topliss-reactive ketones (excluding diaryl/α,β-unsaturated/α-hetero) is 1. The second kappa shape index (κ2) is 9.28. The number of ether oxygens (including phenoxy) is 1. The highest BCUT2D eigenvalue weighted by Gasteiger charge is 2.17. The maximum absolute atomic E-state index is 12.7. The molecule has 156 valence electrons. The normalized spacial score (nSPS) is 10.3. The zero-order chi connectivity index (χ0) is 22.5. The number of halogens is 1. The van der Waals surface area contributed by atoms with Gasteiger partial charge in [-0.1, -0.05) is 31.5 Å². The number of H-pyrrole nitrogens is 1. The number of aromatic amines is 1. The fourth-order valence-corrected chi connectivity index (χ4v) is 3.26. The highest BCUT2D eigenvalue weighted by atomic mass is 35.5. The maximum Gasteiger partial charge on any atom is 0.252 e. The van der Waals surface area contributed by atoms with E-state index in [2.05, 4.69) is 9.97 Å². The van der Waals surface area contributed by atoms with Gasteiger partial charge in [-0.05, 0) is 47.2 Å². The minimum Gasteiger partial charge on any atom is -0.485 e. The summed E-state index contributed by atoms with van der Waals surface area (Å²) >= 11 is 6.00. The second-order valence-corrected chi connectivity index (χ2v) is 6.76. The van der Waals surface area contributed by atoms with Crippen molar-refractivity contribution in [1.29, 1.82) is 5.26 Å². The van der Waals surface area contributed by atoms with E-state index in [-0.39, 0.29) is 29.4 Å². The molecule has 0 aliphatic rings. The quantitative estimate of drug-likeness (QED) is 0.443. The van der Waals surface area contributed by atoms with Gasteiger partial charge in [-0.2, -0.15) is 5.26 Å². The van der Waals surface area contributed by atoms with E-state index >= 15 is 0 Å². The van der Waals surface area contributed by atoms with E-state index in [1.807, 2.05) is 19.9 Å². The average Bonchev–Trinajstić information content (AvgIpc) is 3.21. The third-order valence-corrected chi connectivity index (χ3v) is 4.71. The summed E-state index contributed by atoms with van der Waals surface area (Å²) in [5.74, 6) is -0.769. The molecular formula is C23H19ClN4O3. The van der Waals surface area contributed by atoms with Gasteiger partial charge >= 0.3 is 0 Å². The van der Waals surface area contributed by atoms with Crippen LogP contribution < -0.4 is 10.5 Å². The van der Waals surface area contributed by atoms with Crippen LogP contribution in [0, 0.1) is 11.3 Å². The highest BCUT2D eigenvalue weighted by Crippen LogP contribution is 2.28. The van der Waals surface area contributed by atoms with Crippen molar-refractivity contribution in [2.45, 2.75) is 13.8 Å². The van der Waals surface area contributed by atoms with Gasteiger partial charge in [0.15, 0.2) is 6.61 Å². The Morgan fingerprint density at radius 3 is 2.61 bits per heavy atom. The Balaban J connectivity index is 0.00000132. The van der Waals surface area contributed by atoms with Gasteiger partial charge in [0.2, 0.25) is 5.78 Å². The van der Waals surface area contributed by atoms with Crippen molar-refractivity contribution in [2.75, 3.05) is 6.61 Å². The molecular weight excluding hydrogens is 416 g/mol. The summed E-state index contributed by atoms with van der Waals surface area (Å²) in [6.45, 7) is 3.70. The van der Waals surface area contributed by atoms with Gasteiger partial charge in [0.05, 0.1) is 5.56 Å². The molecule has 0 fully saturated rings. The van der Waals surface area contributed by atoms with E-state index < -0.39 is 5.91 Å². The summed E-state index contributed by atoms with van der Waals surface area (Å²) in [5, 5.41) is 11.6. The monoisotopic (exact) mass is 434 g/mol. The number of benzene rings is 2. The van der Waals surface area contributed by atoms with Crippen molar-refractivity contribution in [3.8, 4) is 11.8 Å². The lowest BCUT2D eigenvalue weighted by Crippen LogP contribution is -2.16. The maximum atomic E-state index is 12.7. The number of amides is 1. The van der Waals surface area contributed by atoms with Crippen LogP contribution >= 0.6 is 11.6 Å². The number of nitrogens with two attached hydrogens (primary N) is 1. The Labute approximate surface area is 183 Å². The molecule has 1 amide bonds. The van der Waals surface area contributed by atoms with E-state index in [1.54, 1.807) is 36.4 Å². The summed E-state index contributed by atoms with van der Waals surface area (Å²) in [6.07, 6.45) is 1.52. The number of carbonyl (C=O) groups is 2. The Hall–Kier alpha value is -3.89. The number of nitrogens with zero attached hydrogens (tertiary/aromatic N) is 2. The van der Waals surface area contributed by atoms with Gasteiger partial charge in [0.25, 0.3) is 5.91 Å². The number of hydrogen-bond donors (Lipinski definition) is 2. The van der Waals surface area contributed by atoms with Crippen LogP contribution in [0.25, 0.3) is 21.8 Å². The van der Waals surface area contributed by atoms with Crippen molar-refractivity contribution in [3.05, 3.63) is 70.5 Å². The largest absolute Gasteiger partial charge is 0.485 e. The topological polar surface area (TPSA) is 122 Å². The van der Waals surface area contributed by atoms with Crippen LogP contribution in [0.2, 0.25) is 5.02 Å². The van der Waals surface area contributed by atoms with Gasteiger partial charge in [-0.15, -0.1) is 0 Å². The summed E-state index contributed by atoms with van der Waals surface area (Å²) in [5.41, 5.74) is 6.69. The first-order valence-electron chi connectivity index (χ1n) is 9.53. The van der Waals surface area contributed by atoms with Crippen LogP contribution in [0.4, 0.5) is 0 Å². The van der Waals surface area contributed by atoms with Crippen molar-refractivity contribution < 1.29 is 14.3 Å². The SMILES string of the molecule is CC.N#Cc1ccc2c(C(=O)COc3cc4ccc(Cl)cc4cc3C(N)=O)c[nH]c2n1. The summed E-state index contributed by atoms with van der Waals surface area (Å²) in [4.78, 5) is 31.5. The number of rotatable bonds is 5. The molecule has 31 heavy (non-hydrogen) atoms. The molecule has 8 heteroatoms. The fraction of sp³-hybridized carbons (Fsp3) is 0.130. The molecule has 0 radical (unpaired) electrons. The van der Waals surface area contributed by atoms with Gasteiger partial charge < -0.3 is 15.5 Å². The first kappa shape index (κ1) is 21.8. The van der Waals surface area contributed by atoms with Crippen molar-refractivity contribution in [3.63, 3.8) is 0 Å². The van der Waals surface area contributed by atoms with Crippen molar-refractivity contribution in [2.24, 2.45) is 5.73 Å². The number of hydrogen-bond acceptors (Lipinski definition) is 5. The minimum atomic E-state index is -0.672. The molecule has 2 aromatic carbocycles. The molecule has 0 saturated carbocycles. The Bertz CT molecular complexity index is 1340. The zero-order valence-electron chi connectivity index (χ0n) is 16.9. The molecule has 2 aromatic heterocycles. The van der Waals surface area contributed by atoms with E-state index in [0.717, 1.165) is 10.8 Å². The van der Waals surface area contributed by atoms with Gasteiger partial charge in [0.1, 0.15) is 23.2 Å². The van der Waals surface area contributed by atoms with Crippen molar-refractivity contribution >= 4 is 45.1 Å². The van der Waals surface area contributed by atoms with Crippen LogP contribution in [0.3, 0.4) is 0 Å². The first-order valence-corrected chi connectivity index (χ1v) is 9.91. The third-order valence-electron chi connectivity index (χ3n) is 4.48. The zero-order valence-corrected chi connectivity index (χ0v) is 17.7. The summed E-state index contributed by atoms with van der Waals surface area (Å²) in [7, 11) is 0. The molecule has 4 aromatic rings. The first-order chi connectivity index (χ1) is 15.0. The third kappa shape index (κ3) is 4.49. The molecule has 0 bridgehead atoms. The lowest BCUT2D eigenvalue weighted by molar-refractivity contribution is 0.0914. The number of carbonyl (C=O) groups excluding carboxylic acids is 2. The van der Waals surface area contributed by atoms with Crippen LogP contribution in [0.1, 0.15) is 40.3 Å². The molecule has 0 unspecified atom stereocenters. The molecule has 0 atom stereocenters. The molecule has 3 N–H and O–H groups in total. The predicted octanol–water partition coefficient (Wildman–Crippen LogP) is 4.63. The smallest absolute Gasteiger partial charge is 0.252 e.